The monoisotopic (exact) mass is 251 g/mol. The van der Waals surface area contributed by atoms with E-state index in [4.69, 9.17) is 34.0 Å². The molecule has 0 bridgehead atoms. The Morgan fingerprint density at radius 3 is 2.62 bits per heavy atom. The van der Waals surface area contributed by atoms with Crippen LogP contribution in [-0.2, 0) is 0 Å². The third-order valence-electron chi connectivity index (χ3n) is 2.31. The van der Waals surface area contributed by atoms with Crippen LogP contribution >= 0.6 is 23.8 Å². The number of benzene rings is 1. The number of rotatable bonds is 2. The lowest BCUT2D eigenvalue weighted by Crippen LogP contribution is -2.07. The Balaban J connectivity index is 2.42. The highest BCUT2D eigenvalue weighted by Gasteiger charge is 2.07. The van der Waals surface area contributed by atoms with Gasteiger partial charge in [0.2, 0.25) is 0 Å². The van der Waals surface area contributed by atoms with Gasteiger partial charge in [0, 0.05) is 10.6 Å². The Bertz CT molecular complexity index is 548. The van der Waals surface area contributed by atoms with E-state index in [1.54, 1.807) is 6.07 Å². The molecule has 0 aliphatic heterocycles. The second-order valence-electron chi connectivity index (χ2n) is 3.49. The maximum atomic E-state index is 6.04. The first-order valence-corrected chi connectivity index (χ1v) is 5.52. The summed E-state index contributed by atoms with van der Waals surface area (Å²) in [6.45, 7) is 1.95. The molecule has 0 amide bonds. The Hall–Kier alpha value is -1.32. The van der Waals surface area contributed by atoms with E-state index in [2.05, 4.69) is 0 Å². The maximum Gasteiger partial charge on any atom is 0.161 e. The minimum Gasteiger partial charge on any atom is -0.454 e. The van der Waals surface area contributed by atoms with Crippen molar-refractivity contribution >= 4 is 28.8 Å². The lowest BCUT2D eigenvalue weighted by atomic mass is 10.1. The molecule has 4 heteroatoms. The molecule has 0 saturated carbocycles. The topological polar surface area (TPSA) is 39.2 Å². The van der Waals surface area contributed by atoms with Crippen LogP contribution < -0.4 is 5.73 Å². The molecule has 0 radical (unpaired) electrons. The molecule has 0 fully saturated rings. The van der Waals surface area contributed by atoms with Crippen LogP contribution in [0, 0.1) is 6.92 Å². The highest BCUT2D eigenvalue weighted by Crippen LogP contribution is 2.26. The van der Waals surface area contributed by atoms with E-state index >= 15 is 0 Å². The van der Waals surface area contributed by atoms with Crippen molar-refractivity contribution in [2.24, 2.45) is 5.73 Å². The van der Waals surface area contributed by atoms with Gasteiger partial charge >= 0.3 is 0 Å². The van der Waals surface area contributed by atoms with Crippen LogP contribution in [0.3, 0.4) is 0 Å². The quantitative estimate of drug-likeness (QED) is 0.830. The zero-order chi connectivity index (χ0) is 11.7. The van der Waals surface area contributed by atoms with E-state index in [9.17, 15) is 0 Å². The van der Waals surface area contributed by atoms with Crippen LogP contribution in [0.5, 0.6) is 0 Å². The highest BCUT2D eigenvalue weighted by molar-refractivity contribution is 7.80. The Kier molecular flexibility index (Phi) is 2.99. The molecule has 0 aliphatic rings. The number of furan rings is 1. The van der Waals surface area contributed by atoms with Crippen molar-refractivity contribution < 1.29 is 4.42 Å². The van der Waals surface area contributed by atoms with Crippen LogP contribution in [0.2, 0.25) is 5.02 Å². The van der Waals surface area contributed by atoms with Crippen LogP contribution in [0.4, 0.5) is 0 Å². The van der Waals surface area contributed by atoms with Gasteiger partial charge in [-0.3, -0.25) is 0 Å². The van der Waals surface area contributed by atoms with Gasteiger partial charge in [0.25, 0.3) is 0 Å². The SMILES string of the molecule is Cc1ccc(-c2ccc(C(N)=S)o2)cc1Cl. The average Bonchev–Trinajstić information content (AvgIpc) is 2.71. The molecule has 0 saturated heterocycles. The van der Waals surface area contributed by atoms with E-state index in [1.807, 2.05) is 31.2 Å². The van der Waals surface area contributed by atoms with Gasteiger partial charge in [0.05, 0.1) is 0 Å². The summed E-state index contributed by atoms with van der Waals surface area (Å²) in [7, 11) is 0. The highest BCUT2D eigenvalue weighted by atomic mass is 35.5. The van der Waals surface area contributed by atoms with Gasteiger partial charge in [-0.25, -0.2) is 0 Å². The summed E-state index contributed by atoms with van der Waals surface area (Å²) >= 11 is 10.9. The first-order valence-electron chi connectivity index (χ1n) is 4.74. The fourth-order valence-electron chi connectivity index (χ4n) is 1.37. The molecular weight excluding hydrogens is 242 g/mol. The van der Waals surface area contributed by atoms with Crippen LogP contribution in [-0.4, -0.2) is 4.99 Å². The maximum absolute atomic E-state index is 6.04. The van der Waals surface area contributed by atoms with Gasteiger partial charge in [-0.05, 0) is 30.7 Å². The first-order chi connectivity index (χ1) is 7.58. The number of hydrogen-bond acceptors (Lipinski definition) is 2. The first kappa shape index (κ1) is 11.2. The van der Waals surface area contributed by atoms with Gasteiger partial charge < -0.3 is 10.2 Å². The number of nitrogens with two attached hydrogens (primary N) is 1. The summed E-state index contributed by atoms with van der Waals surface area (Å²) < 4.78 is 5.50. The summed E-state index contributed by atoms with van der Waals surface area (Å²) in [5, 5.41) is 0.714. The fourth-order valence-corrected chi connectivity index (χ4v) is 1.66. The zero-order valence-electron chi connectivity index (χ0n) is 8.66. The second-order valence-corrected chi connectivity index (χ2v) is 4.34. The molecule has 2 N–H and O–H groups in total. The van der Waals surface area contributed by atoms with E-state index in [-0.39, 0.29) is 4.99 Å². The molecule has 0 unspecified atom stereocenters. The van der Waals surface area contributed by atoms with Gasteiger partial charge in [-0.2, -0.15) is 0 Å². The van der Waals surface area contributed by atoms with Crippen LogP contribution in [0.1, 0.15) is 11.3 Å². The number of hydrogen-bond donors (Lipinski definition) is 1. The molecule has 0 aliphatic carbocycles. The molecule has 2 nitrogen and oxygen atoms in total. The lowest BCUT2D eigenvalue weighted by molar-refractivity contribution is 0.573. The summed E-state index contributed by atoms with van der Waals surface area (Å²) in [6, 6.07) is 9.34. The summed E-state index contributed by atoms with van der Waals surface area (Å²) in [6.07, 6.45) is 0. The summed E-state index contributed by atoms with van der Waals surface area (Å²) in [4.78, 5) is 0.254. The summed E-state index contributed by atoms with van der Waals surface area (Å²) in [5.41, 5.74) is 7.42. The van der Waals surface area contributed by atoms with Crippen molar-refractivity contribution in [3.8, 4) is 11.3 Å². The minimum atomic E-state index is 0.254. The normalized spacial score (nSPS) is 10.4. The van der Waals surface area contributed by atoms with Gasteiger partial charge in [0.1, 0.15) is 10.7 Å². The van der Waals surface area contributed by atoms with E-state index in [0.29, 0.717) is 16.5 Å². The van der Waals surface area contributed by atoms with Gasteiger partial charge in [0.15, 0.2) is 5.76 Å². The number of thiocarbonyl (C=S) groups is 1. The predicted molar refractivity (Wildman–Crippen MR) is 69.8 cm³/mol. The van der Waals surface area contributed by atoms with Crippen molar-refractivity contribution in [1.82, 2.24) is 0 Å². The molecule has 2 aromatic rings. The molecule has 1 aromatic carbocycles. The fraction of sp³-hybridized carbons (Fsp3) is 0.0833. The van der Waals surface area contributed by atoms with Gasteiger partial charge in [-0.15, -0.1) is 0 Å². The molecule has 0 atom stereocenters. The molecular formula is C12H10ClNOS. The zero-order valence-corrected chi connectivity index (χ0v) is 10.2. The lowest BCUT2D eigenvalue weighted by Gasteiger charge is -2.00. The minimum absolute atomic E-state index is 0.254. The van der Waals surface area contributed by atoms with Gasteiger partial charge in [-0.1, -0.05) is 36.0 Å². The predicted octanol–water partition coefficient (Wildman–Crippen LogP) is 3.54. The molecule has 2 rings (SSSR count). The second kappa shape index (κ2) is 4.28. The number of halogens is 1. The third kappa shape index (κ3) is 2.10. The molecule has 0 spiro atoms. The largest absolute Gasteiger partial charge is 0.454 e. The third-order valence-corrected chi connectivity index (χ3v) is 2.91. The van der Waals surface area contributed by atoms with Crippen LogP contribution in [0.15, 0.2) is 34.7 Å². The summed E-state index contributed by atoms with van der Waals surface area (Å²) in [5.74, 6) is 1.23. The van der Waals surface area contributed by atoms with Crippen molar-refractivity contribution in [3.05, 3.63) is 46.7 Å². The van der Waals surface area contributed by atoms with Crippen LogP contribution in [0.25, 0.3) is 11.3 Å². The Labute approximate surface area is 104 Å². The standard InChI is InChI=1S/C12H10ClNOS/c1-7-2-3-8(6-9(7)13)10-4-5-11(15-10)12(14)16/h2-6H,1H3,(H2,14,16). The van der Waals surface area contributed by atoms with Crippen molar-refractivity contribution in [2.75, 3.05) is 0 Å². The average molecular weight is 252 g/mol. The molecule has 82 valence electrons. The smallest absolute Gasteiger partial charge is 0.161 e. The molecule has 16 heavy (non-hydrogen) atoms. The number of aryl methyl sites for hydroxylation is 1. The Morgan fingerprint density at radius 2 is 2.06 bits per heavy atom. The molecule has 1 heterocycles. The van der Waals surface area contributed by atoms with Crippen molar-refractivity contribution in [1.29, 1.82) is 0 Å². The molecule has 1 aromatic heterocycles. The van der Waals surface area contributed by atoms with Crippen molar-refractivity contribution in [3.63, 3.8) is 0 Å². The van der Waals surface area contributed by atoms with Crippen molar-refractivity contribution in [2.45, 2.75) is 6.92 Å². The van der Waals surface area contributed by atoms with E-state index < -0.39 is 0 Å². The van der Waals surface area contributed by atoms with E-state index in [1.165, 1.54) is 0 Å². The van der Waals surface area contributed by atoms with E-state index in [0.717, 1.165) is 11.1 Å². The Morgan fingerprint density at radius 1 is 1.31 bits per heavy atom.